The van der Waals surface area contributed by atoms with Crippen LogP contribution in [0.4, 0.5) is 10.1 Å². The van der Waals surface area contributed by atoms with Crippen LogP contribution in [0.25, 0.3) is 17.2 Å². The molecule has 0 radical (unpaired) electrons. The van der Waals surface area contributed by atoms with Crippen molar-refractivity contribution in [2.24, 2.45) is 5.92 Å². The zero-order valence-corrected chi connectivity index (χ0v) is 19.1. The van der Waals surface area contributed by atoms with E-state index in [4.69, 9.17) is 16.7 Å². The van der Waals surface area contributed by atoms with E-state index in [1.807, 2.05) is 54.6 Å². The molecule has 4 nitrogen and oxygen atoms in total. The number of benzene rings is 3. The van der Waals surface area contributed by atoms with Crippen molar-refractivity contribution in [2.75, 3.05) is 5.43 Å². The number of carboxylic acids is 1. The minimum absolute atomic E-state index is 0.397. The third-order valence-corrected chi connectivity index (χ3v) is 6.84. The summed E-state index contributed by atoms with van der Waals surface area (Å²) < 4.78 is 14.5. The normalized spacial score (nSPS) is 18.2. The van der Waals surface area contributed by atoms with Crippen molar-refractivity contribution in [1.82, 2.24) is 5.43 Å². The fourth-order valence-electron chi connectivity index (χ4n) is 4.62. The molecule has 1 saturated carbocycles. The first-order chi connectivity index (χ1) is 16.5. The highest BCUT2D eigenvalue weighted by molar-refractivity contribution is 6.32. The lowest BCUT2D eigenvalue weighted by Crippen LogP contribution is -2.15. The van der Waals surface area contributed by atoms with Gasteiger partial charge in [0.15, 0.2) is 6.30 Å². The van der Waals surface area contributed by atoms with Crippen molar-refractivity contribution in [2.45, 2.75) is 25.6 Å². The highest BCUT2D eigenvalue weighted by Gasteiger charge is 2.29. The van der Waals surface area contributed by atoms with Crippen molar-refractivity contribution in [1.29, 1.82) is 0 Å². The van der Waals surface area contributed by atoms with Crippen molar-refractivity contribution < 1.29 is 14.3 Å². The highest BCUT2D eigenvalue weighted by Crippen LogP contribution is 2.46. The summed E-state index contributed by atoms with van der Waals surface area (Å²) in [6.45, 7) is 0. The van der Waals surface area contributed by atoms with Crippen molar-refractivity contribution in [3.63, 3.8) is 0 Å². The van der Waals surface area contributed by atoms with Crippen LogP contribution in [-0.4, -0.2) is 11.1 Å². The van der Waals surface area contributed by atoms with Crippen LogP contribution in [0.3, 0.4) is 0 Å². The summed E-state index contributed by atoms with van der Waals surface area (Å²) in [6.07, 6.45) is 4.65. The standard InChI is InChI=1S/C28H24ClFN2O2/c29-23-16-21(10-9-17(23)12-14-25(33)34)27(20-11-13-24-22(15-20)28(30)32-31-24)26(19-7-4-8-19)18-5-2-1-3-6-18/h1-3,5-6,9-16,19,28,31-32H,4,7-8H2,(H,33,34)/b14-12+,27-26+. The molecule has 3 aromatic carbocycles. The lowest BCUT2D eigenvalue weighted by molar-refractivity contribution is -0.131. The summed E-state index contributed by atoms with van der Waals surface area (Å²) in [4.78, 5) is 10.9. The minimum atomic E-state index is -1.29. The molecular formula is C28H24ClFN2O2. The van der Waals surface area contributed by atoms with E-state index in [-0.39, 0.29) is 0 Å². The van der Waals surface area contributed by atoms with E-state index in [0.29, 0.717) is 22.1 Å². The number of aliphatic carboxylic acids is 1. The molecule has 34 heavy (non-hydrogen) atoms. The molecule has 6 heteroatoms. The summed E-state index contributed by atoms with van der Waals surface area (Å²) in [6, 6.07) is 21.8. The second kappa shape index (κ2) is 9.45. The van der Waals surface area contributed by atoms with Gasteiger partial charge in [-0.15, -0.1) is 0 Å². The van der Waals surface area contributed by atoms with E-state index < -0.39 is 12.3 Å². The zero-order valence-electron chi connectivity index (χ0n) is 18.4. The smallest absolute Gasteiger partial charge is 0.328 e. The van der Waals surface area contributed by atoms with Gasteiger partial charge in [0.1, 0.15) is 0 Å². The van der Waals surface area contributed by atoms with E-state index >= 15 is 0 Å². The zero-order chi connectivity index (χ0) is 23.7. The lowest BCUT2D eigenvalue weighted by atomic mass is 9.73. The molecule has 172 valence electrons. The van der Waals surface area contributed by atoms with Crippen LogP contribution >= 0.6 is 11.6 Å². The molecule has 1 fully saturated rings. The molecule has 2 aliphatic rings. The maximum Gasteiger partial charge on any atom is 0.328 e. The van der Waals surface area contributed by atoms with Gasteiger partial charge < -0.3 is 10.5 Å². The van der Waals surface area contributed by atoms with Gasteiger partial charge in [-0.05, 0) is 76.4 Å². The van der Waals surface area contributed by atoms with Gasteiger partial charge in [-0.3, -0.25) is 0 Å². The highest BCUT2D eigenvalue weighted by atomic mass is 35.5. The Morgan fingerprint density at radius 2 is 1.74 bits per heavy atom. The Bertz CT molecular complexity index is 1300. The molecule has 0 amide bonds. The fourth-order valence-corrected chi connectivity index (χ4v) is 4.86. The number of alkyl halides is 1. The van der Waals surface area contributed by atoms with E-state index in [0.717, 1.165) is 46.9 Å². The van der Waals surface area contributed by atoms with E-state index in [1.165, 1.54) is 18.1 Å². The summed E-state index contributed by atoms with van der Waals surface area (Å²) in [5, 5.41) is 9.43. The van der Waals surface area contributed by atoms with Gasteiger partial charge in [0.25, 0.3) is 0 Å². The first-order valence-corrected chi connectivity index (χ1v) is 11.7. The van der Waals surface area contributed by atoms with Crippen LogP contribution < -0.4 is 10.9 Å². The Kier molecular flexibility index (Phi) is 6.22. The van der Waals surface area contributed by atoms with Crippen LogP contribution in [0, 0.1) is 5.92 Å². The molecule has 3 aromatic rings. The van der Waals surface area contributed by atoms with E-state index in [9.17, 15) is 9.18 Å². The Labute approximate surface area is 202 Å². The first kappa shape index (κ1) is 22.4. The van der Waals surface area contributed by atoms with Crippen LogP contribution in [0.5, 0.6) is 0 Å². The molecule has 1 aliphatic carbocycles. The van der Waals surface area contributed by atoms with Crippen LogP contribution in [0.2, 0.25) is 5.02 Å². The second-order valence-electron chi connectivity index (χ2n) is 8.62. The number of carbonyl (C=O) groups is 1. The van der Waals surface area contributed by atoms with Gasteiger partial charge in [0.05, 0.1) is 5.69 Å². The van der Waals surface area contributed by atoms with Gasteiger partial charge in [0, 0.05) is 16.7 Å². The maximum absolute atomic E-state index is 14.5. The number of allylic oxidation sites excluding steroid dienone is 1. The van der Waals surface area contributed by atoms with E-state index in [2.05, 4.69) is 23.0 Å². The molecule has 1 atom stereocenters. The van der Waals surface area contributed by atoms with Crippen molar-refractivity contribution in [3.8, 4) is 0 Å². The predicted octanol–water partition coefficient (Wildman–Crippen LogP) is 7.10. The number of hydrogen-bond donors (Lipinski definition) is 3. The van der Waals surface area contributed by atoms with Crippen molar-refractivity contribution >= 4 is 40.5 Å². The number of rotatable bonds is 6. The molecule has 1 unspecified atom stereocenters. The number of hydrogen-bond acceptors (Lipinski definition) is 3. The average Bonchev–Trinajstić information content (AvgIpc) is 3.17. The summed E-state index contributed by atoms with van der Waals surface area (Å²) in [5.74, 6) is -0.633. The Morgan fingerprint density at radius 3 is 2.41 bits per heavy atom. The van der Waals surface area contributed by atoms with Gasteiger partial charge in [0.2, 0.25) is 0 Å². The summed E-state index contributed by atoms with van der Waals surface area (Å²) in [5.41, 5.74) is 12.7. The largest absolute Gasteiger partial charge is 0.478 e. The molecule has 0 spiro atoms. The molecule has 0 bridgehead atoms. The minimum Gasteiger partial charge on any atom is -0.478 e. The molecule has 3 N–H and O–H groups in total. The summed E-state index contributed by atoms with van der Waals surface area (Å²) in [7, 11) is 0. The summed E-state index contributed by atoms with van der Waals surface area (Å²) >= 11 is 6.59. The monoisotopic (exact) mass is 474 g/mol. The molecule has 5 rings (SSSR count). The quantitative estimate of drug-likeness (QED) is 0.202. The number of fused-ring (bicyclic) bond motifs is 1. The maximum atomic E-state index is 14.5. The van der Waals surface area contributed by atoms with Crippen LogP contribution in [0.15, 0.2) is 72.8 Å². The molecular weight excluding hydrogens is 451 g/mol. The average molecular weight is 475 g/mol. The Balaban J connectivity index is 1.73. The molecule has 1 heterocycles. The number of anilines is 1. The topological polar surface area (TPSA) is 61.4 Å². The van der Waals surface area contributed by atoms with Gasteiger partial charge in [-0.2, -0.15) is 0 Å². The number of hydrazine groups is 1. The fraction of sp³-hybridized carbons (Fsp3) is 0.179. The number of nitrogens with one attached hydrogen (secondary N) is 2. The Morgan fingerprint density at radius 1 is 1.00 bits per heavy atom. The van der Waals surface area contributed by atoms with E-state index in [1.54, 1.807) is 0 Å². The van der Waals surface area contributed by atoms with Gasteiger partial charge >= 0.3 is 5.97 Å². The molecule has 1 aliphatic heterocycles. The Hall–Kier alpha value is -3.41. The SMILES string of the molecule is O=C(O)/C=C/c1ccc(/C(=C(\c2ccccc2)C2CCC2)c2ccc3c(c2)C(F)NN3)cc1Cl. The first-order valence-electron chi connectivity index (χ1n) is 11.3. The molecule has 0 aromatic heterocycles. The third kappa shape index (κ3) is 4.37. The van der Waals surface area contributed by atoms with Crippen molar-refractivity contribution in [3.05, 3.63) is 106 Å². The lowest BCUT2D eigenvalue weighted by Gasteiger charge is -2.32. The van der Waals surface area contributed by atoms with Gasteiger partial charge in [-0.1, -0.05) is 66.6 Å². The number of halogens is 2. The third-order valence-electron chi connectivity index (χ3n) is 6.51. The number of carboxylic acid groups (broad SMARTS) is 1. The molecule has 0 saturated heterocycles. The second-order valence-corrected chi connectivity index (χ2v) is 9.03. The van der Waals surface area contributed by atoms with Gasteiger partial charge in [-0.25, -0.2) is 14.6 Å². The van der Waals surface area contributed by atoms with Crippen LogP contribution in [-0.2, 0) is 4.79 Å². The predicted molar refractivity (Wildman–Crippen MR) is 135 cm³/mol. The van der Waals surface area contributed by atoms with Crippen LogP contribution in [0.1, 0.15) is 53.4 Å².